The molecule has 2 aromatic carbocycles. The first kappa shape index (κ1) is 21.6. The van der Waals surface area contributed by atoms with Crippen LogP contribution in [0, 0.1) is 0 Å². The van der Waals surface area contributed by atoms with Gasteiger partial charge in [0.2, 0.25) is 0 Å². The maximum Gasteiger partial charge on any atom is 0.193 e. The van der Waals surface area contributed by atoms with Crippen LogP contribution in [0.15, 0.2) is 47.9 Å². The van der Waals surface area contributed by atoms with Crippen LogP contribution in [0.1, 0.15) is 37.4 Å². The lowest BCUT2D eigenvalue weighted by atomic mass is 9.62. The molecule has 0 amide bonds. The lowest BCUT2D eigenvalue weighted by Crippen LogP contribution is -2.39. The van der Waals surface area contributed by atoms with Crippen molar-refractivity contribution in [2.45, 2.75) is 11.8 Å². The van der Waals surface area contributed by atoms with E-state index in [1.807, 2.05) is 6.08 Å². The van der Waals surface area contributed by atoms with Crippen LogP contribution in [0.5, 0.6) is 23.0 Å². The summed E-state index contributed by atoms with van der Waals surface area (Å²) in [4.78, 5) is 25.8. The van der Waals surface area contributed by atoms with Gasteiger partial charge in [-0.05, 0) is 18.1 Å². The number of ketones is 2. The van der Waals surface area contributed by atoms with Gasteiger partial charge in [-0.1, -0.05) is 6.08 Å². The molecule has 8 heteroatoms. The molecule has 0 aromatic heterocycles. The van der Waals surface area contributed by atoms with Gasteiger partial charge in [-0.25, -0.2) is 0 Å². The van der Waals surface area contributed by atoms with Gasteiger partial charge in [0.25, 0.3) is 0 Å². The molecule has 174 valence electrons. The smallest absolute Gasteiger partial charge is 0.193 e. The van der Waals surface area contributed by atoms with Crippen LogP contribution in [-0.2, 0) is 21.3 Å². The zero-order valence-electron chi connectivity index (χ0n) is 19.0. The normalized spacial score (nSPS) is 20.1. The first-order valence-electron chi connectivity index (χ1n) is 10.5. The SMILES string of the molecule is COC1=CC(=O)c2c(O)cc(OC)c3c2C1=C[C@@]1(C3)C(OC)=CC(=O)c2c(O)cc(OC)cc21. The molecule has 3 aliphatic rings. The zero-order chi connectivity index (χ0) is 24.4. The van der Waals surface area contributed by atoms with Gasteiger partial charge in [-0.2, -0.15) is 0 Å². The van der Waals surface area contributed by atoms with E-state index in [4.69, 9.17) is 18.9 Å². The van der Waals surface area contributed by atoms with E-state index < -0.39 is 11.2 Å². The lowest BCUT2D eigenvalue weighted by Gasteiger charge is -2.42. The molecule has 1 spiro atoms. The van der Waals surface area contributed by atoms with Crippen molar-refractivity contribution in [1.82, 2.24) is 0 Å². The molecular formula is C26H22O8. The Labute approximate surface area is 195 Å². The number of rotatable bonds is 4. The van der Waals surface area contributed by atoms with E-state index >= 15 is 0 Å². The molecule has 8 nitrogen and oxygen atoms in total. The van der Waals surface area contributed by atoms with Gasteiger partial charge >= 0.3 is 0 Å². The molecule has 0 unspecified atom stereocenters. The molecular weight excluding hydrogens is 440 g/mol. The molecule has 0 fully saturated rings. The predicted molar refractivity (Wildman–Crippen MR) is 122 cm³/mol. The minimum absolute atomic E-state index is 0.134. The molecule has 3 aliphatic carbocycles. The second-order valence-electron chi connectivity index (χ2n) is 8.26. The van der Waals surface area contributed by atoms with Crippen molar-refractivity contribution < 1.29 is 38.7 Å². The van der Waals surface area contributed by atoms with Crippen LogP contribution in [0.2, 0.25) is 0 Å². The fourth-order valence-corrected chi connectivity index (χ4v) is 5.23. The minimum Gasteiger partial charge on any atom is -0.507 e. The van der Waals surface area contributed by atoms with Gasteiger partial charge in [0, 0.05) is 41.0 Å². The molecule has 0 saturated heterocycles. The number of phenols is 2. The van der Waals surface area contributed by atoms with Crippen molar-refractivity contribution in [3.8, 4) is 23.0 Å². The highest BCUT2D eigenvalue weighted by atomic mass is 16.5. The summed E-state index contributed by atoms with van der Waals surface area (Å²) in [5.74, 6) is 0.177. The molecule has 5 rings (SSSR count). The Hall–Kier alpha value is -4.20. The summed E-state index contributed by atoms with van der Waals surface area (Å²) in [5.41, 5.74) is 1.39. The summed E-state index contributed by atoms with van der Waals surface area (Å²) < 4.78 is 22.2. The Balaban J connectivity index is 1.93. The number of hydrogen-bond donors (Lipinski definition) is 2. The third-order valence-corrected chi connectivity index (χ3v) is 6.68. The highest BCUT2D eigenvalue weighted by Crippen LogP contribution is 2.55. The zero-order valence-corrected chi connectivity index (χ0v) is 19.0. The van der Waals surface area contributed by atoms with E-state index in [-0.39, 0.29) is 34.8 Å². The van der Waals surface area contributed by atoms with Crippen LogP contribution >= 0.6 is 0 Å². The fourth-order valence-electron chi connectivity index (χ4n) is 5.23. The first-order valence-corrected chi connectivity index (χ1v) is 10.5. The number of methoxy groups -OCH3 is 4. The first-order chi connectivity index (χ1) is 16.3. The molecule has 1 atom stereocenters. The van der Waals surface area contributed by atoms with E-state index in [1.54, 1.807) is 6.07 Å². The molecule has 0 bridgehead atoms. The summed E-state index contributed by atoms with van der Waals surface area (Å²) >= 11 is 0. The number of allylic oxidation sites excluding steroid dienone is 4. The predicted octanol–water partition coefficient (Wildman–Crippen LogP) is 3.45. The van der Waals surface area contributed by atoms with Crippen LogP contribution in [0.25, 0.3) is 5.57 Å². The number of ether oxygens (including phenoxy) is 4. The summed E-state index contributed by atoms with van der Waals surface area (Å²) in [5, 5.41) is 21.4. The largest absolute Gasteiger partial charge is 0.507 e. The number of benzene rings is 2. The molecule has 0 saturated carbocycles. The van der Waals surface area contributed by atoms with Crippen molar-refractivity contribution in [3.05, 3.63) is 75.8 Å². The van der Waals surface area contributed by atoms with Crippen molar-refractivity contribution in [2.24, 2.45) is 0 Å². The summed E-state index contributed by atoms with van der Waals surface area (Å²) in [6, 6.07) is 4.48. The Bertz CT molecular complexity index is 1380. The quantitative estimate of drug-likeness (QED) is 0.711. The van der Waals surface area contributed by atoms with Gasteiger partial charge in [0.1, 0.15) is 34.5 Å². The van der Waals surface area contributed by atoms with Crippen LogP contribution in [0.3, 0.4) is 0 Å². The molecule has 0 radical (unpaired) electrons. The molecule has 0 heterocycles. The number of carbonyl (C=O) groups excluding carboxylic acids is 2. The third kappa shape index (κ3) is 2.71. The number of hydrogen-bond acceptors (Lipinski definition) is 8. The summed E-state index contributed by atoms with van der Waals surface area (Å²) in [6.45, 7) is 0. The van der Waals surface area contributed by atoms with Crippen LogP contribution in [-0.4, -0.2) is 50.2 Å². The summed E-state index contributed by atoms with van der Waals surface area (Å²) in [6.07, 6.45) is 4.74. The minimum atomic E-state index is -1.06. The Morgan fingerprint density at radius 1 is 0.794 bits per heavy atom. The Morgan fingerprint density at radius 2 is 1.50 bits per heavy atom. The van der Waals surface area contributed by atoms with Gasteiger partial charge in [-0.15, -0.1) is 0 Å². The fraction of sp³-hybridized carbons (Fsp3) is 0.231. The Kier molecular flexibility index (Phi) is 4.72. The third-order valence-electron chi connectivity index (χ3n) is 6.68. The molecule has 2 N–H and O–H groups in total. The van der Waals surface area contributed by atoms with Crippen molar-refractivity contribution in [3.63, 3.8) is 0 Å². The maximum absolute atomic E-state index is 13.0. The summed E-state index contributed by atoms with van der Waals surface area (Å²) in [7, 11) is 5.86. The monoisotopic (exact) mass is 462 g/mol. The maximum atomic E-state index is 13.0. The van der Waals surface area contributed by atoms with Crippen molar-refractivity contribution in [2.75, 3.05) is 28.4 Å². The standard InChI is InChI=1S/C26H22O8/c1-31-12-5-15-24(16(27)6-12)19(30)9-22(34-4)26(15)10-13-20(32-2)7-17(28)25-18(29)8-21(33-3)14(11-26)23(13)25/h5-10,27,29H,11H2,1-4H3/t26-/m0/s1. The number of phenolic OH excluding ortho intramolecular Hbond substituents is 2. The van der Waals surface area contributed by atoms with Crippen LogP contribution < -0.4 is 9.47 Å². The van der Waals surface area contributed by atoms with E-state index in [1.165, 1.54) is 52.7 Å². The van der Waals surface area contributed by atoms with Gasteiger partial charge in [-0.3, -0.25) is 9.59 Å². The number of carbonyl (C=O) groups is 2. The highest BCUT2D eigenvalue weighted by molar-refractivity contribution is 6.17. The lowest BCUT2D eigenvalue weighted by molar-refractivity contribution is 0.102. The second-order valence-corrected chi connectivity index (χ2v) is 8.26. The average Bonchev–Trinajstić information content (AvgIpc) is 2.83. The molecule has 34 heavy (non-hydrogen) atoms. The van der Waals surface area contributed by atoms with Gasteiger partial charge in [0.05, 0.1) is 45.0 Å². The van der Waals surface area contributed by atoms with Crippen molar-refractivity contribution in [1.29, 1.82) is 0 Å². The van der Waals surface area contributed by atoms with E-state index in [9.17, 15) is 19.8 Å². The average molecular weight is 462 g/mol. The second kappa shape index (κ2) is 7.41. The van der Waals surface area contributed by atoms with Gasteiger partial charge in [0.15, 0.2) is 11.6 Å². The van der Waals surface area contributed by atoms with Gasteiger partial charge < -0.3 is 29.2 Å². The number of aromatic hydroxyl groups is 2. The van der Waals surface area contributed by atoms with E-state index in [0.717, 1.165) is 0 Å². The highest BCUT2D eigenvalue weighted by Gasteiger charge is 2.49. The number of fused-ring (bicyclic) bond motifs is 2. The van der Waals surface area contributed by atoms with E-state index in [2.05, 4.69) is 0 Å². The molecule has 0 aliphatic heterocycles. The molecule has 2 aromatic rings. The van der Waals surface area contributed by atoms with Crippen molar-refractivity contribution >= 4 is 17.1 Å². The van der Waals surface area contributed by atoms with Crippen LogP contribution in [0.4, 0.5) is 0 Å². The Morgan fingerprint density at radius 3 is 2.15 bits per heavy atom. The van der Waals surface area contributed by atoms with E-state index in [0.29, 0.717) is 45.3 Å². The topological polar surface area (TPSA) is 112 Å².